The number of hydrogen-bond acceptors (Lipinski definition) is 8. The summed E-state index contributed by atoms with van der Waals surface area (Å²) in [5, 5.41) is 23.3. The molecular weight excluding hydrogens is 546 g/mol. The second-order valence-electron chi connectivity index (χ2n) is 9.12. The summed E-state index contributed by atoms with van der Waals surface area (Å²) in [6.07, 6.45) is 1.04. The van der Waals surface area contributed by atoms with Gasteiger partial charge in [0.25, 0.3) is 0 Å². The van der Waals surface area contributed by atoms with Gasteiger partial charge in [-0.1, -0.05) is 44.0 Å². The van der Waals surface area contributed by atoms with Gasteiger partial charge >= 0.3 is 17.9 Å². The lowest BCUT2D eigenvalue weighted by Gasteiger charge is -2.27. The van der Waals surface area contributed by atoms with Gasteiger partial charge in [0.2, 0.25) is 21.8 Å². The smallest absolute Gasteiger partial charge is 0.330 e. The van der Waals surface area contributed by atoms with Crippen molar-refractivity contribution < 1.29 is 47.3 Å². The van der Waals surface area contributed by atoms with E-state index in [-0.39, 0.29) is 11.5 Å². The highest BCUT2D eigenvalue weighted by atomic mass is 32.2. The quantitative estimate of drug-likeness (QED) is 0.130. The number of carbonyl (C=O) groups excluding carboxylic acids is 3. The van der Waals surface area contributed by atoms with Crippen LogP contribution >= 0.6 is 0 Å². The molecule has 0 heterocycles. The van der Waals surface area contributed by atoms with Gasteiger partial charge in [0.1, 0.15) is 12.1 Å². The number of rotatable bonds is 17. The third-order valence-corrected chi connectivity index (χ3v) is 7.35. The zero-order valence-electron chi connectivity index (χ0n) is 22.9. The molecule has 0 fully saturated rings. The van der Waals surface area contributed by atoms with Crippen molar-refractivity contribution in [2.75, 3.05) is 6.61 Å². The number of aryl methyl sites for hydroxylation is 1. The van der Waals surface area contributed by atoms with Crippen molar-refractivity contribution in [1.29, 1.82) is 0 Å². The average molecular weight is 584 g/mol. The number of hydrogen-bond donors (Lipinski definition) is 5. The predicted octanol–water partition coefficient (Wildman–Crippen LogP) is 1.12. The van der Waals surface area contributed by atoms with Crippen LogP contribution in [0.3, 0.4) is 0 Å². The minimum Gasteiger partial charge on any atom is -0.481 e. The van der Waals surface area contributed by atoms with Crippen LogP contribution in [0, 0.1) is 12.8 Å². The van der Waals surface area contributed by atoms with Crippen molar-refractivity contribution >= 4 is 39.7 Å². The molecule has 0 spiro atoms. The molecular formula is C26H37N3O10S. The van der Waals surface area contributed by atoms with E-state index in [1.165, 1.54) is 12.1 Å². The number of nitrogens with one attached hydrogen (secondary N) is 3. The van der Waals surface area contributed by atoms with Crippen molar-refractivity contribution in [3.05, 3.63) is 42.0 Å². The Labute approximate surface area is 233 Å². The maximum Gasteiger partial charge on any atom is 0.330 e. The van der Waals surface area contributed by atoms with Crippen LogP contribution in [0.15, 0.2) is 41.3 Å². The Balaban J connectivity index is 3.20. The van der Waals surface area contributed by atoms with Gasteiger partial charge in [0.05, 0.1) is 24.0 Å². The summed E-state index contributed by atoms with van der Waals surface area (Å²) >= 11 is 0. The average Bonchev–Trinajstić information content (AvgIpc) is 2.87. The van der Waals surface area contributed by atoms with E-state index >= 15 is 0 Å². The predicted molar refractivity (Wildman–Crippen MR) is 144 cm³/mol. The molecule has 1 unspecified atom stereocenters. The first-order valence-electron chi connectivity index (χ1n) is 12.7. The van der Waals surface area contributed by atoms with Crippen LogP contribution in [-0.4, -0.2) is 73.1 Å². The van der Waals surface area contributed by atoms with E-state index in [9.17, 15) is 37.5 Å². The van der Waals surface area contributed by atoms with E-state index in [1.807, 2.05) is 0 Å². The first kappa shape index (κ1) is 34.2. The van der Waals surface area contributed by atoms with Crippen LogP contribution < -0.4 is 15.4 Å². The van der Waals surface area contributed by atoms with Gasteiger partial charge in [-0.3, -0.25) is 19.2 Å². The van der Waals surface area contributed by atoms with Crippen LogP contribution in [0.5, 0.6) is 0 Å². The SMILES string of the molecule is CCOC(=O)/C=C/[C@H](CC(=O)O)NC(=O)[C@H](NC(=O)[C@H](CCC(=O)O)NS(=O)(=O)c1ccc(C)cc1)C(C)CC. The Morgan fingerprint density at radius 1 is 0.975 bits per heavy atom. The second-order valence-corrected chi connectivity index (χ2v) is 10.8. The van der Waals surface area contributed by atoms with Gasteiger partial charge in [-0.05, 0) is 38.3 Å². The third-order valence-electron chi connectivity index (χ3n) is 5.86. The first-order valence-corrected chi connectivity index (χ1v) is 14.2. The van der Waals surface area contributed by atoms with E-state index in [0.717, 1.165) is 17.7 Å². The summed E-state index contributed by atoms with van der Waals surface area (Å²) < 4.78 is 32.8. The molecule has 0 aliphatic carbocycles. The maximum atomic E-state index is 13.2. The molecule has 1 aromatic rings. The van der Waals surface area contributed by atoms with Gasteiger partial charge < -0.3 is 25.6 Å². The molecule has 1 rings (SSSR count). The van der Waals surface area contributed by atoms with Crippen LogP contribution in [0.2, 0.25) is 0 Å². The van der Waals surface area contributed by atoms with E-state index in [2.05, 4.69) is 15.4 Å². The molecule has 222 valence electrons. The Hall–Kier alpha value is -3.78. The topological polar surface area (TPSA) is 205 Å². The summed E-state index contributed by atoms with van der Waals surface area (Å²) in [7, 11) is -4.23. The lowest BCUT2D eigenvalue weighted by atomic mass is 9.97. The molecule has 0 bridgehead atoms. The Bertz CT molecular complexity index is 1180. The molecule has 0 aromatic heterocycles. The van der Waals surface area contributed by atoms with E-state index in [0.29, 0.717) is 6.42 Å². The number of carbonyl (C=O) groups is 5. The third kappa shape index (κ3) is 11.9. The number of amides is 2. The summed E-state index contributed by atoms with van der Waals surface area (Å²) in [6, 6.07) is 1.92. The summed E-state index contributed by atoms with van der Waals surface area (Å²) in [5.74, 6) is -5.45. The first-order chi connectivity index (χ1) is 18.7. The van der Waals surface area contributed by atoms with Crippen LogP contribution in [0.25, 0.3) is 0 Å². The molecule has 1 aromatic carbocycles. The zero-order valence-corrected chi connectivity index (χ0v) is 23.7. The number of ether oxygens (including phenoxy) is 1. The largest absolute Gasteiger partial charge is 0.481 e. The summed E-state index contributed by atoms with van der Waals surface area (Å²) in [4.78, 5) is 60.4. The molecule has 2 amide bonds. The van der Waals surface area contributed by atoms with E-state index < -0.39 is 83.1 Å². The Morgan fingerprint density at radius 2 is 1.60 bits per heavy atom. The zero-order chi connectivity index (χ0) is 30.5. The van der Waals surface area contributed by atoms with Crippen molar-refractivity contribution in [3.8, 4) is 0 Å². The van der Waals surface area contributed by atoms with Gasteiger partial charge in [-0.2, -0.15) is 4.72 Å². The van der Waals surface area contributed by atoms with Crippen molar-refractivity contribution in [2.45, 2.75) is 76.4 Å². The standard InChI is InChI=1S/C26H37N3O10S/c1-5-17(4)24(26(36)27-18(15-22(32)33)9-14-23(34)39-6-2)28-25(35)20(12-13-21(30)31)29-40(37,38)19-10-7-16(3)8-11-19/h7-11,14,17-18,20,24,29H,5-6,12-13,15H2,1-4H3,(H,27,36)(H,28,35)(H,30,31)(H,32,33)/b14-9+/t17?,18-,20+,24-/m1/s1. The van der Waals surface area contributed by atoms with E-state index in [1.54, 1.807) is 39.8 Å². The van der Waals surface area contributed by atoms with Gasteiger partial charge in [0, 0.05) is 12.5 Å². The molecule has 0 saturated heterocycles. The minimum absolute atomic E-state index is 0.0952. The Kier molecular flexibility index (Phi) is 14.0. The van der Waals surface area contributed by atoms with Crippen molar-refractivity contribution in [1.82, 2.24) is 15.4 Å². The molecule has 0 radical (unpaired) electrons. The van der Waals surface area contributed by atoms with Crippen LogP contribution in [0.4, 0.5) is 0 Å². The fourth-order valence-corrected chi connectivity index (χ4v) is 4.68. The molecule has 40 heavy (non-hydrogen) atoms. The maximum absolute atomic E-state index is 13.2. The lowest BCUT2D eigenvalue weighted by molar-refractivity contribution is -0.139. The number of aliphatic carboxylic acids is 2. The molecule has 0 saturated carbocycles. The fourth-order valence-electron chi connectivity index (χ4n) is 3.45. The van der Waals surface area contributed by atoms with Gasteiger partial charge in [-0.15, -0.1) is 0 Å². The van der Waals surface area contributed by atoms with E-state index in [4.69, 9.17) is 9.84 Å². The highest BCUT2D eigenvalue weighted by Gasteiger charge is 2.32. The second kappa shape index (κ2) is 16.4. The highest BCUT2D eigenvalue weighted by molar-refractivity contribution is 7.89. The monoisotopic (exact) mass is 583 g/mol. The molecule has 0 aliphatic heterocycles. The number of sulfonamides is 1. The van der Waals surface area contributed by atoms with Gasteiger partial charge in [-0.25, -0.2) is 13.2 Å². The number of carboxylic acid groups (broad SMARTS) is 2. The lowest BCUT2D eigenvalue weighted by Crippen LogP contribution is -2.57. The molecule has 4 atom stereocenters. The summed E-state index contributed by atoms with van der Waals surface area (Å²) in [5.41, 5.74) is 0.805. The molecule has 14 heteroatoms. The number of benzene rings is 1. The van der Waals surface area contributed by atoms with Crippen LogP contribution in [0.1, 0.15) is 52.0 Å². The molecule has 13 nitrogen and oxygen atoms in total. The van der Waals surface area contributed by atoms with Crippen molar-refractivity contribution in [2.24, 2.45) is 5.92 Å². The fraction of sp³-hybridized carbons (Fsp3) is 0.500. The number of esters is 1. The van der Waals surface area contributed by atoms with Gasteiger partial charge in [0.15, 0.2) is 0 Å². The van der Waals surface area contributed by atoms with Crippen LogP contribution in [-0.2, 0) is 38.7 Å². The summed E-state index contributed by atoms with van der Waals surface area (Å²) in [6.45, 7) is 6.84. The normalized spacial score (nSPS) is 14.5. The Morgan fingerprint density at radius 3 is 2.12 bits per heavy atom. The molecule has 0 aliphatic rings. The van der Waals surface area contributed by atoms with Crippen molar-refractivity contribution in [3.63, 3.8) is 0 Å². The minimum atomic E-state index is -4.23. The number of carboxylic acids is 2. The molecule has 5 N–H and O–H groups in total. The highest BCUT2D eigenvalue weighted by Crippen LogP contribution is 2.14.